The fourth-order valence-electron chi connectivity index (χ4n) is 3.50. The number of Topliss-reactive ketones (excluding diaryl/α,β-unsaturated/α-hetero) is 1. The molecule has 8 heteroatoms. The van der Waals surface area contributed by atoms with Gasteiger partial charge in [-0.1, -0.05) is 29.3 Å². The number of likely N-dealkylation sites (tertiary alicyclic amines) is 1. The Kier molecular flexibility index (Phi) is 6.71. The van der Waals surface area contributed by atoms with Crippen molar-refractivity contribution in [1.29, 1.82) is 0 Å². The van der Waals surface area contributed by atoms with Gasteiger partial charge in [0.25, 0.3) is 11.7 Å². The number of hydrogen-bond donors (Lipinski definition) is 1. The van der Waals surface area contributed by atoms with Crippen molar-refractivity contribution in [2.75, 3.05) is 27.4 Å². The number of benzene rings is 2. The number of ketones is 1. The fraction of sp³-hybridized carbons (Fsp3) is 0.273. The first-order valence-electron chi connectivity index (χ1n) is 9.17. The molecular weight excluding hydrogens is 429 g/mol. The second kappa shape index (κ2) is 9.08. The van der Waals surface area contributed by atoms with Crippen molar-refractivity contribution in [2.24, 2.45) is 0 Å². The maximum absolute atomic E-state index is 12.9. The van der Waals surface area contributed by atoms with Crippen LogP contribution in [0.2, 0.25) is 10.0 Å². The summed E-state index contributed by atoms with van der Waals surface area (Å²) in [5.41, 5.74) is 1.68. The van der Waals surface area contributed by atoms with Crippen LogP contribution in [0, 0.1) is 6.92 Å². The van der Waals surface area contributed by atoms with Gasteiger partial charge in [0.15, 0.2) is 0 Å². The summed E-state index contributed by atoms with van der Waals surface area (Å²) < 4.78 is 10.3. The van der Waals surface area contributed by atoms with E-state index in [4.69, 9.17) is 32.7 Å². The zero-order valence-corrected chi connectivity index (χ0v) is 18.3. The molecule has 1 aliphatic rings. The number of carbonyl (C=O) groups is 2. The average molecular weight is 450 g/mol. The van der Waals surface area contributed by atoms with Crippen LogP contribution < -0.4 is 4.74 Å². The van der Waals surface area contributed by atoms with Crippen LogP contribution in [0.3, 0.4) is 0 Å². The zero-order valence-electron chi connectivity index (χ0n) is 16.7. The highest BCUT2D eigenvalue weighted by atomic mass is 35.5. The molecule has 0 bridgehead atoms. The highest BCUT2D eigenvalue weighted by Crippen LogP contribution is 2.41. The summed E-state index contributed by atoms with van der Waals surface area (Å²) in [6.45, 7) is 2.18. The van der Waals surface area contributed by atoms with Crippen molar-refractivity contribution in [3.8, 4) is 5.75 Å². The molecule has 158 valence electrons. The minimum absolute atomic E-state index is 0.0113. The van der Waals surface area contributed by atoms with E-state index in [0.717, 1.165) is 0 Å². The van der Waals surface area contributed by atoms with E-state index in [2.05, 4.69) is 0 Å². The number of aliphatic hydroxyl groups excluding tert-OH is 1. The summed E-state index contributed by atoms with van der Waals surface area (Å²) in [6, 6.07) is 9.11. The number of amides is 1. The fourth-order valence-corrected chi connectivity index (χ4v) is 3.81. The van der Waals surface area contributed by atoms with Crippen LogP contribution in [0.25, 0.3) is 5.76 Å². The first-order chi connectivity index (χ1) is 14.3. The molecule has 0 spiro atoms. The Morgan fingerprint density at radius 3 is 2.43 bits per heavy atom. The first-order valence-corrected chi connectivity index (χ1v) is 9.93. The molecule has 2 aromatic rings. The van der Waals surface area contributed by atoms with E-state index in [1.54, 1.807) is 50.4 Å². The van der Waals surface area contributed by atoms with Gasteiger partial charge in [-0.25, -0.2) is 0 Å². The van der Waals surface area contributed by atoms with Crippen LogP contribution in [0.1, 0.15) is 22.7 Å². The van der Waals surface area contributed by atoms with Gasteiger partial charge in [-0.2, -0.15) is 0 Å². The van der Waals surface area contributed by atoms with E-state index in [1.807, 2.05) is 0 Å². The average Bonchev–Trinajstić information content (AvgIpc) is 2.98. The number of aryl methyl sites for hydroxylation is 1. The Balaban J connectivity index is 2.20. The van der Waals surface area contributed by atoms with E-state index in [9.17, 15) is 14.7 Å². The monoisotopic (exact) mass is 449 g/mol. The number of carbonyl (C=O) groups excluding carboxylic acids is 2. The molecule has 0 radical (unpaired) electrons. The van der Waals surface area contributed by atoms with Gasteiger partial charge in [-0.3, -0.25) is 9.59 Å². The van der Waals surface area contributed by atoms with Crippen LogP contribution in [0.5, 0.6) is 5.75 Å². The molecule has 1 aliphatic heterocycles. The SMILES string of the molecule is COCCN1C(=O)C(=O)C(=C(O)c2ccc(OC)cc2C)[C@@H]1c1ccc(Cl)c(Cl)c1. The molecule has 1 saturated heterocycles. The Morgan fingerprint density at radius 1 is 1.10 bits per heavy atom. The number of methoxy groups -OCH3 is 2. The predicted octanol–water partition coefficient (Wildman–Crippen LogP) is 4.38. The normalized spacial score (nSPS) is 18.2. The number of hydrogen-bond acceptors (Lipinski definition) is 5. The Labute approximate surface area is 184 Å². The Hall–Kier alpha value is -2.54. The van der Waals surface area contributed by atoms with E-state index in [-0.39, 0.29) is 29.5 Å². The summed E-state index contributed by atoms with van der Waals surface area (Å²) in [7, 11) is 3.05. The summed E-state index contributed by atoms with van der Waals surface area (Å²) in [6.07, 6.45) is 0. The van der Waals surface area contributed by atoms with Crippen LogP contribution in [0.15, 0.2) is 42.0 Å². The van der Waals surface area contributed by atoms with Crippen molar-refractivity contribution >= 4 is 40.7 Å². The summed E-state index contributed by atoms with van der Waals surface area (Å²) in [5.74, 6) is -1.12. The minimum Gasteiger partial charge on any atom is -0.507 e. The molecule has 6 nitrogen and oxygen atoms in total. The number of ether oxygens (including phenoxy) is 2. The van der Waals surface area contributed by atoms with Crippen LogP contribution in [-0.2, 0) is 14.3 Å². The second-order valence-corrected chi connectivity index (χ2v) is 7.65. The van der Waals surface area contributed by atoms with Gasteiger partial charge >= 0.3 is 0 Å². The first kappa shape index (κ1) is 22.2. The molecule has 1 N–H and O–H groups in total. The molecule has 2 aromatic carbocycles. The minimum atomic E-state index is -0.823. The second-order valence-electron chi connectivity index (χ2n) is 6.84. The van der Waals surface area contributed by atoms with Crippen LogP contribution in [0.4, 0.5) is 0 Å². The predicted molar refractivity (Wildman–Crippen MR) is 115 cm³/mol. The standard InChI is InChI=1S/C22H21Cl2NO5/c1-12-10-14(30-3)5-6-15(12)20(26)18-19(13-4-7-16(23)17(24)11-13)25(8-9-29-2)22(28)21(18)27/h4-7,10-11,19,26H,8-9H2,1-3H3/t19-/m0/s1. The number of nitrogens with zero attached hydrogens (tertiary/aromatic N) is 1. The molecule has 1 amide bonds. The molecule has 1 heterocycles. The molecule has 0 aromatic heterocycles. The van der Waals surface area contributed by atoms with E-state index < -0.39 is 17.7 Å². The maximum Gasteiger partial charge on any atom is 0.295 e. The van der Waals surface area contributed by atoms with Crippen molar-refractivity contribution < 1.29 is 24.2 Å². The third-order valence-electron chi connectivity index (χ3n) is 5.02. The summed E-state index contributed by atoms with van der Waals surface area (Å²) in [4.78, 5) is 27.1. The smallest absolute Gasteiger partial charge is 0.295 e. The summed E-state index contributed by atoms with van der Waals surface area (Å²) in [5, 5.41) is 11.7. The van der Waals surface area contributed by atoms with Gasteiger partial charge in [0.2, 0.25) is 0 Å². The third-order valence-corrected chi connectivity index (χ3v) is 5.76. The number of halogens is 2. The Morgan fingerprint density at radius 2 is 1.83 bits per heavy atom. The quantitative estimate of drug-likeness (QED) is 0.402. The lowest BCUT2D eigenvalue weighted by Crippen LogP contribution is -2.32. The maximum atomic E-state index is 12.9. The summed E-state index contributed by atoms with van der Waals surface area (Å²) >= 11 is 12.2. The molecular formula is C22H21Cl2NO5. The molecule has 1 fully saturated rings. The van der Waals surface area contributed by atoms with Gasteiger partial charge in [0, 0.05) is 19.2 Å². The lowest BCUT2D eigenvalue weighted by molar-refractivity contribution is -0.140. The van der Waals surface area contributed by atoms with Crippen LogP contribution in [-0.4, -0.2) is 49.1 Å². The van der Waals surface area contributed by atoms with Crippen molar-refractivity contribution in [2.45, 2.75) is 13.0 Å². The van der Waals surface area contributed by atoms with Crippen molar-refractivity contribution in [3.05, 3.63) is 68.7 Å². The van der Waals surface area contributed by atoms with Gasteiger partial charge in [0.05, 0.1) is 35.4 Å². The molecule has 0 saturated carbocycles. The van der Waals surface area contributed by atoms with Gasteiger partial charge in [0.1, 0.15) is 11.5 Å². The highest BCUT2D eigenvalue weighted by Gasteiger charge is 2.46. The third kappa shape index (κ3) is 4.03. The molecule has 1 atom stereocenters. The lowest BCUT2D eigenvalue weighted by atomic mass is 9.94. The molecule has 3 rings (SSSR count). The molecule has 30 heavy (non-hydrogen) atoms. The zero-order chi connectivity index (χ0) is 22.0. The largest absolute Gasteiger partial charge is 0.507 e. The topological polar surface area (TPSA) is 76.1 Å². The van der Waals surface area contributed by atoms with Gasteiger partial charge in [-0.05, 0) is 48.4 Å². The van der Waals surface area contributed by atoms with Crippen molar-refractivity contribution in [3.63, 3.8) is 0 Å². The lowest BCUT2D eigenvalue weighted by Gasteiger charge is -2.25. The Bertz CT molecular complexity index is 1030. The van der Waals surface area contributed by atoms with E-state index >= 15 is 0 Å². The number of aliphatic hydroxyl groups is 1. The van der Waals surface area contributed by atoms with Gasteiger partial charge < -0.3 is 19.5 Å². The van der Waals surface area contributed by atoms with Crippen molar-refractivity contribution in [1.82, 2.24) is 4.90 Å². The van der Waals surface area contributed by atoms with E-state index in [0.29, 0.717) is 27.5 Å². The van der Waals surface area contributed by atoms with Gasteiger partial charge in [-0.15, -0.1) is 0 Å². The number of rotatable bonds is 6. The molecule has 0 unspecified atom stereocenters. The molecule has 0 aliphatic carbocycles. The highest BCUT2D eigenvalue weighted by molar-refractivity contribution is 6.47. The van der Waals surface area contributed by atoms with Crippen LogP contribution >= 0.6 is 23.2 Å². The van der Waals surface area contributed by atoms with E-state index in [1.165, 1.54) is 12.0 Å².